The molecule has 0 aliphatic heterocycles. The highest BCUT2D eigenvalue weighted by atomic mass is 79.9. The Bertz CT molecular complexity index is 1120. The second-order valence-electron chi connectivity index (χ2n) is 6.80. The molecule has 0 spiro atoms. The molecule has 0 radical (unpaired) electrons. The van der Waals surface area contributed by atoms with Gasteiger partial charge in [0.05, 0.1) is 11.1 Å². The van der Waals surface area contributed by atoms with Crippen LogP contribution in [-0.4, -0.2) is 30.6 Å². The number of benzene rings is 3. The van der Waals surface area contributed by atoms with E-state index in [-0.39, 0.29) is 16.9 Å². The van der Waals surface area contributed by atoms with E-state index in [1.54, 1.807) is 49.5 Å². The van der Waals surface area contributed by atoms with E-state index in [2.05, 4.69) is 44.0 Å². The molecule has 8 heteroatoms. The highest BCUT2D eigenvalue weighted by Gasteiger charge is 2.12. The third-order valence-electron chi connectivity index (χ3n) is 4.52. The largest absolute Gasteiger partial charge is 0.492 e. The van der Waals surface area contributed by atoms with Crippen LogP contribution >= 0.6 is 28.1 Å². The summed E-state index contributed by atoms with van der Waals surface area (Å²) in [4.78, 5) is 24.3. The number of ether oxygens (including phenoxy) is 1. The van der Waals surface area contributed by atoms with E-state index in [0.29, 0.717) is 33.6 Å². The molecule has 3 rings (SSSR count). The number of amides is 2. The predicted molar refractivity (Wildman–Crippen MR) is 133 cm³/mol. The molecule has 6 nitrogen and oxygen atoms in total. The van der Waals surface area contributed by atoms with Gasteiger partial charge in [0, 0.05) is 30.3 Å². The average Bonchev–Trinajstić information content (AvgIpc) is 2.80. The lowest BCUT2D eigenvalue weighted by atomic mass is 10.2. The summed E-state index contributed by atoms with van der Waals surface area (Å²) in [6, 6.07) is 22.0. The molecule has 3 N–H and O–H groups in total. The van der Waals surface area contributed by atoms with Crippen LogP contribution in [0, 0.1) is 0 Å². The standard InChI is InChI=1S/C24H22BrN3O3S/c1-26-22(29)17-8-5-9-19(14-17)27-24(32)28-23(30)18-10-11-21(20(25)15-18)31-13-12-16-6-3-2-4-7-16/h2-11,14-15H,12-13H2,1H3,(H,26,29)(H2,27,28,30,32). The van der Waals surface area contributed by atoms with Gasteiger partial charge in [-0.1, -0.05) is 36.4 Å². The van der Waals surface area contributed by atoms with Gasteiger partial charge in [0.1, 0.15) is 5.75 Å². The van der Waals surface area contributed by atoms with Crippen LogP contribution < -0.4 is 20.7 Å². The van der Waals surface area contributed by atoms with Crippen LogP contribution in [0.3, 0.4) is 0 Å². The van der Waals surface area contributed by atoms with Gasteiger partial charge in [0.2, 0.25) is 0 Å². The predicted octanol–water partition coefficient (Wildman–Crippen LogP) is 4.56. The summed E-state index contributed by atoms with van der Waals surface area (Å²) < 4.78 is 6.50. The molecule has 3 aromatic rings. The molecular formula is C24H22BrN3O3S. The summed E-state index contributed by atoms with van der Waals surface area (Å²) in [6.45, 7) is 0.525. The maximum Gasteiger partial charge on any atom is 0.257 e. The monoisotopic (exact) mass is 511 g/mol. The van der Waals surface area contributed by atoms with Crippen molar-refractivity contribution >= 4 is 50.8 Å². The normalized spacial score (nSPS) is 10.2. The first-order valence-electron chi connectivity index (χ1n) is 9.87. The quantitative estimate of drug-likeness (QED) is 0.405. The lowest BCUT2D eigenvalue weighted by Gasteiger charge is -2.12. The van der Waals surface area contributed by atoms with Crippen molar-refractivity contribution in [3.05, 3.63) is 94.0 Å². The van der Waals surface area contributed by atoms with Gasteiger partial charge in [0.25, 0.3) is 11.8 Å². The Hall–Kier alpha value is -3.23. The molecule has 0 aliphatic rings. The zero-order valence-corrected chi connectivity index (χ0v) is 19.8. The van der Waals surface area contributed by atoms with E-state index < -0.39 is 0 Å². The first-order valence-corrected chi connectivity index (χ1v) is 11.1. The van der Waals surface area contributed by atoms with E-state index in [9.17, 15) is 9.59 Å². The minimum absolute atomic E-state index is 0.128. The van der Waals surface area contributed by atoms with Gasteiger partial charge in [-0.2, -0.15) is 0 Å². The number of carbonyl (C=O) groups is 2. The first kappa shape index (κ1) is 23.4. The van der Waals surface area contributed by atoms with Crippen molar-refractivity contribution in [2.45, 2.75) is 6.42 Å². The Morgan fingerprint density at radius 1 is 0.938 bits per heavy atom. The Kier molecular flexibility index (Phi) is 8.35. The second kappa shape index (κ2) is 11.4. The molecule has 0 bridgehead atoms. The molecule has 0 saturated carbocycles. The molecule has 0 aromatic heterocycles. The highest BCUT2D eigenvalue weighted by Crippen LogP contribution is 2.26. The van der Waals surface area contributed by atoms with E-state index in [4.69, 9.17) is 17.0 Å². The molecular weight excluding hydrogens is 490 g/mol. The number of carbonyl (C=O) groups excluding carboxylic acids is 2. The second-order valence-corrected chi connectivity index (χ2v) is 8.06. The molecule has 0 aliphatic carbocycles. The molecule has 2 amide bonds. The van der Waals surface area contributed by atoms with Crippen LogP contribution in [0.5, 0.6) is 5.75 Å². The van der Waals surface area contributed by atoms with Gasteiger partial charge in [-0.3, -0.25) is 14.9 Å². The van der Waals surface area contributed by atoms with Crippen LogP contribution in [0.4, 0.5) is 5.69 Å². The summed E-state index contributed by atoms with van der Waals surface area (Å²) in [6.07, 6.45) is 0.788. The fourth-order valence-corrected chi connectivity index (χ4v) is 3.61. The zero-order valence-electron chi connectivity index (χ0n) is 17.4. The zero-order chi connectivity index (χ0) is 22.9. The molecule has 0 atom stereocenters. The molecule has 0 saturated heterocycles. The number of anilines is 1. The van der Waals surface area contributed by atoms with Crippen LogP contribution in [-0.2, 0) is 6.42 Å². The lowest BCUT2D eigenvalue weighted by molar-refractivity contribution is 0.0959. The topological polar surface area (TPSA) is 79.5 Å². The van der Waals surface area contributed by atoms with Gasteiger partial charge in [-0.15, -0.1) is 0 Å². The van der Waals surface area contributed by atoms with E-state index >= 15 is 0 Å². The van der Waals surface area contributed by atoms with E-state index in [1.165, 1.54) is 5.56 Å². The summed E-state index contributed by atoms with van der Waals surface area (Å²) in [5.41, 5.74) is 2.70. The molecule has 32 heavy (non-hydrogen) atoms. The lowest BCUT2D eigenvalue weighted by Crippen LogP contribution is -2.34. The van der Waals surface area contributed by atoms with Gasteiger partial charge in [0.15, 0.2) is 5.11 Å². The first-order chi connectivity index (χ1) is 15.5. The molecule has 164 valence electrons. The van der Waals surface area contributed by atoms with Crippen molar-refractivity contribution in [3.8, 4) is 5.75 Å². The van der Waals surface area contributed by atoms with Gasteiger partial charge >= 0.3 is 0 Å². The van der Waals surface area contributed by atoms with Crippen LogP contribution in [0.25, 0.3) is 0 Å². The minimum Gasteiger partial charge on any atom is -0.492 e. The molecule has 0 heterocycles. The summed E-state index contributed by atoms with van der Waals surface area (Å²) in [7, 11) is 1.56. The number of halogens is 1. The number of hydrogen-bond acceptors (Lipinski definition) is 4. The van der Waals surface area contributed by atoms with Crippen molar-refractivity contribution in [1.29, 1.82) is 0 Å². The SMILES string of the molecule is CNC(=O)c1cccc(NC(=S)NC(=O)c2ccc(OCCc3ccccc3)c(Br)c2)c1. The van der Waals surface area contributed by atoms with E-state index in [1.807, 2.05) is 18.2 Å². The Labute approximate surface area is 200 Å². The fraction of sp³-hybridized carbons (Fsp3) is 0.125. The minimum atomic E-state index is -0.360. The van der Waals surface area contributed by atoms with Gasteiger partial charge < -0.3 is 15.4 Å². The Morgan fingerprint density at radius 2 is 1.69 bits per heavy atom. The van der Waals surface area contributed by atoms with Crippen molar-refractivity contribution in [2.24, 2.45) is 0 Å². The van der Waals surface area contributed by atoms with Crippen molar-refractivity contribution in [3.63, 3.8) is 0 Å². The van der Waals surface area contributed by atoms with Crippen LogP contribution in [0.2, 0.25) is 0 Å². The third-order valence-corrected chi connectivity index (χ3v) is 5.35. The summed E-state index contributed by atoms with van der Waals surface area (Å²) >= 11 is 8.69. The van der Waals surface area contributed by atoms with Crippen molar-refractivity contribution in [2.75, 3.05) is 19.0 Å². The summed E-state index contributed by atoms with van der Waals surface area (Å²) in [5.74, 6) is 0.0882. The molecule has 0 fully saturated rings. The number of rotatable bonds is 7. The number of hydrogen-bond donors (Lipinski definition) is 3. The summed E-state index contributed by atoms with van der Waals surface area (Å²) in [5, 5.41) is 8.24. The number of nitrogens with one attached hydrogen (secondary N) is 3. The van der Waals surface area contributed by atoms with Crippen LogP contribution in [0.1, 0.15) is 26.3 Å². The van der Waals surface area contributed by atoms with Crippen molar-refractivity contribution in [1.82, 2.24) is 10.6 Å². The van der Waals surface area contributed by atoms with Crippen molar-refractivity contribution < 1.29 is 14.3 Å². The number of thiocarbonyl (C=S) groups is 1. The highest BCUT2D eigenvalue weighted by molar-refractivity contribution is 9.10. The van der Waals surface area contributed by atoms with Gasteiger partial charge in [-0.05, 0) is 70.1 Å². The maximum absolute atomic E-state index is 12.6. The molecule has 3 aromatic carbocycles. The van der Waals surface area contributed by atoms with Crippen LogP contribution in [0.15, 0.2) is 77.3 Å². The Morgan fingerprint density at radius 3 is 2.41 bits per heavy atom. The fourth-order valence-electron chi connectivity index (χ4n) is 2.90. The Balaban J connectivity index is 1.55. The molecule has 0 unspecified atom stereocenters. The maximum atomic E-state index is 12.6. The van der Waals surface area contributed by atoms with Gasteiger partial charge in [-0.25, -0.2) is 0 Å². The van der Waals surface area contributed by atoms with E-state index in [0.717, 1.165) is 6.42 Å². The smallest absolute Gasteiger partial charge is 0.257 e. The third kappa shape index (κ3) is 6.63. The average molecular weight is 512 g/mol.